The summed E-state index contributed by atoms with van der Waals surface area (Å²) < 4.78 is 0. The van der Waals surface area contributed by atoms with E-state index in [9.17, 15) is 0 Å². The van der Waals surface area contributed by atoms with Crippen molar-refractivity contribution in [1.29, 1.82) is 0 Å². The Morgan fingerprint density at radius 1 is 0.260 bits per heavy atom. The van der Waals surface area contributed by atoms with E-state index in [1.165, 1.54) is 37.7 Å². The fourth-order valence-electron chi connectivity index (χ4n) is 7.34. The summed E-state index contributed by atoms with van der Waals surface area (Å²) in [5.41, 5.74) is 5.82. The van der Waals surface area contributed by atoms with Gasteiger partial charge in [0.15, 0.2) is 17.5 Å². The second-order valence-corrected chi connectivity index (χ2v) is 12.6. The van der Waals surface area contributed by atoms with Crippen molar-refractivity contribution in [2.75, 3.05) is 0 Å². The first-order valence-corrected chi connectivity index (χ1v) is 16.8. The number of pyridine rings is 1. The quantitative estimate of drug-likeness (QED) is 0.180. The monoisotopic (exact) mass is 636 g/mol. The maximum atomic E-state index is 5.57. The van der Waals surface area contributed by atoms with Gasteiger partial charge in [-0.3, -0.25) is 0 Å². The highest BCUT2D eigenvalue weighted by molar-refractivity contribution is 6.33. The van der Waals surface area contributed by atoms with Crippen LogP contribution in [0.15, 0.2) is 170 Å². The normalized spacial score (nSPS) is 11.6. The van der Waals surface area contributed by atoms with Gasteiger partial charge in [-0.1, -0.05) is 170 Å². The summed E-state index contributed by atoms with van der Waals surface area (Å²) in [6.07, 6.45) is 0. The second-order valence-electron chi connectivity index (χ2n) is 12.6. The van der Waals surface area contributed by atoms with Crippen LogP contribution in [0.3, 0.4) is 0 Å². The van der Waals surface area contributed by atoms with Gasteiger partial charge in [-0.15, -0.1) is 0 Å². The van der Waals surface area contributed by atoms with Gasteiger partial charge < -0.3 is 0 Å². The molecule has 0 N–H and O–H groups in total. The highest BCUT2D eigenvalue weighted by Gasteiger charge is 2.19. The fourth-order valence-corrected chi connectivity index (χ4v) is 7.34. The van der Waals surface area contributed by atoms with Crippen LogP contribution in [-0.2, 0) is 0 Å². The zero-order valence-corrected chi connectivity index (χ0v) is 27.0. The maximum Gasteiger partial charge on any atom is 0.164 e. The lowest BCUT2D eigenvalue weighted by Crippen LogP contribution is -2.00. The first kappa shape index (κ1) is 28.3. The summed E-state index contributed by atoms with van der Waals surface area (Å²) in [6, 6.07) is 59.2. The standard InChI is InChI=1S/C46H28N4/c1-3-14-31(15-4-1)44-48-45(32-16-5-2-6-17-32)50-46(49-44)33-25-23-30(24-26-33)42-40-34-18-8-7-13-29(34)27-28-39(40)41-37-21-11-9-19-35(37)36-20-10-12-22-38(36)43(41)47-42/h1-28H. The van der Waals surface area contributed by atoms with Crippen molar-refractivity contribution < 1.29 is 0 Å². The third-order valence-corrected chi connectivity index (χ3v) is 9.68. The van der Waals surface area contributed by atoms with E-state index >= 15 is 0 Å². The third kappa shape index (κ3) is 4.54. The minimum Gasteiger partial charge on any atom is -0.246 e. The summed E-state index contributed by atoms with van der Waals surface area (Å²) in [5, 5.41) is 10.7. The molecule has 0 amide bonds. The molecular formula is C46H28N4. The molecule has 4 nitrogen and oxygen atoms in total. The molecule has 2 heterocycles. The zero-order valence-electron chi connectivity index (χ0n) is 27.0. The average molecular weight is 637 g/mol. The van der Waals surface area contributed by atoms with Crippen LogP contribution in [0.5, 0.6) is 0 Å². The van der Waals surface area contributed by atoms with Crippen molar-refractivity contribution in [3.8, 4) is 45.4 Å². The molecule has 0 spiro atoms. The highest BCUT2D eigenvalue weighted by atomic mass is 15.0. The Hall–Kier alpha value is -6.78. The van der Waals surface area contributed by atoms with E-state index in [0.717, 1.165) is 44.2 Å². The van der Waals surface area contributed by atoms with Gasteiger partial charge in [0.1, 0.15) is 0 Å². The maximum absolute atomic E-state index is 5.57. The molecule has 0 aliphatic rings. The van der Waals surface area contributed by atoms with Crippen LogP contribution < -0.4 is 0 Å². The number of benzene rings is 8. The van der Waals surface area contributed by atoms with Gasteiger partial charge >= 0.3 is 0 Å². The smallest absolute Gasteiger partial charge is 0.164 e. The number of aromatic nitrogens is 4. The molecule has 8 aromatic carbocycles. The second kappa shape index (κ2) is 11.4. The number of fused-ring (bicyclic) bond motifs is 10. The Bertz CT molecular complexity index is 2840. The van der Waals surface area contributed by atoms with E-state index in [1.54, 1.807) is 0 Å². The summed E-state index contributed by atoms with van der Waals surface area (Å²) in [4.78, 5) is 20.4. The van der Waals surface area contributed by atoms with Crippen molar-refractivity contribution in [3.63, 3.8) is 0 Å². The molecule has 10 aromatic rings. The van der Waals surface area contributed by atoms with Crippen molar-refractivity contribution in [3.05, 3.63) is 170 Å². The van der Waals surface area contributed by atoms with E-state index in [1.807, 2.05) is 60.7 Å². The Balaban J connectivity index is 1.22. The summed E-state index contributed by atoms with van der Waals surface area (Å²) in [6.45, 7) is 0. The SMILES string of the molecule is c1ccc(-c2nc(-c3ccccc3)nc(-c3ccc(-c4nc5c6ccccc6c6ccccc6c5c5ccc6ccccc6c45)cc3)n2)cc1. The predicted octanol–water partition coefficient (Wildman–Crippen LogP) is 11.7. The molecule has 0 atom stereocenters. The topological polar surface area (TPSA) is 51.6 Å². The van der Waals surface area contributed by atoms with Crippen LogP contribution in [0.2, 0.25) is 0 Å². The van der Waals surface area contributed by atoms with E-state index < -0.39 is 0 Å². The van der Waals surface area contributed by atoms with Crippen molar-refractivity contribution in [1.82, 2.24) is 19.9 Å². The third-order valence-electron chi connectivity index (χ3n) is 9.68. The van der Waals surface area contributed by atoms with Crippen LogP contribution in [0.25, 0.3) is 99.4 Å². The Labute approximate surface area is 288 Å². The number of hydrogen-bond donors (Lipinski definition) is 0. The van der Waals surface area contributed by atoms with Crippen LogP contribution in [0.4, 0.5) is 0 Å². The first-order valence-electron chi connectivity index (χ1n) is 16.8. The summed E-state index contributed by atoms with van der Waals surface area (Å²) in [5.74, 6) is 1.92. The molecule has 10 rings (SSSR count). The molecule has 0 unspecified atom stereocenters. The largest absolute Gasteiger partial charge is 0.246 e. The van der Waals surface area contributed by atoms with E-state index in [-0.39, 0.29) is 0 Å². The molecule has 4 heteroatoms. The molecule has 0 fully saturated rings. The van der Waals surface area contributed by atoms with Crippen molar-refractivity contribution in [2.45, 2.75) is 0 Å². The number of hydrogen-bond acceptors (Lipinski definition) is 4. The van der Waals surface area contributed by atoms with E-state index in [0.29, 0.717) is 17.5 Å². The van der Waals surface area contributed by atoms with Gasteiger partial charge in [0.05, 0.1) is 11.2 Å². The molecule has 0 aliphatic carbocycles. The molecule has 2 aromatic heterocycles. The lowest BCUT2D eigenvalue weighted by atomic mass is 9.90. The number of rotatable bonds is 4. The fraction of sp³-hybridized carbons (Fsp3) is 0. The zero-order chi connectivity index (χ0) is 33.0. The van der Waals surface area contributed by atoms with E-state index in [2.05, 4.69) is 109 Å². The molecule has 0 radical (unpaired) electrons. The number of nitrogens with zero attached hydrogens (tertiary/aromatic N) is 4. The predicted molar refractivity (Wildman–Crippen MR) is 207 cm³/mol. The van der Waals surface area contributed by atoms with Crippen molar-refractivity contribution in [2.24, 2.45) is 0 Å². The van der Waals surface area contributed by atoms with Gasteiger partial charge in [-0.25, -0.2) is 19.9 Å². The Morgan fingerprint density at radius 2 is 0.720 bits per heavy atom. The minimum absolute atomic E-state index is 0.628. The molecule has 0 bridgehead atoms. The average Bonchev–Trinajstić information content (AvgIpc) is 3.21. The van der Waals surface area contributed by atoms with Gasteiger partial charge in [0.2, 0.25) is 0 Å². The van der Waals surface area contributed by atoms with Crippen LogP contribution in [0, 0.1) is 0 Å². The molecular weight excluding hydrogens is 609 g/mol. The summed E-state index contributed by atoms with van der Waals surface area (Å²) in [7, 11) is 0. The van der Waals surface area contributed by atoms with Crippen molar-refractivity contribution >= 4 is 54.0 Å². The van der Waals surface area contributed by atoms with Crippen LogP contribution in [-0.4, -0.2) is 19.9 Å². The van der Waals surface area contributed by atoms with Crippen LogP contribution in [0.1, 0.15) is 0 Å². The van der Waals surface area contributed by atoms with Gasteiger partial charge in [0.25, 0.3) is 0 Å². The highest BCUT2D eigenvalue weighted by Crippen LogP contribution is 2.43. The lowest BCUT2D eigenvalue weighted by molar-refractivity contribution is 1.07. The van der Waals surface area contributed by atoms with Gasteiger partial charge in [-0.05, 0) is 32.3 Å². The Morgan fingerprint density at radius 3 is 1.34 bits per heavy atom. The van der Waals surface area contributed by atoms with Crippen LogP contribution >= 0.6 is 0 Å². The van der Waals surface area contributed by atoms with Gasteiger partial charge in [-0.2, -0.15) is 0 Å². The molecule has 50 heavy (non-hydrogen) atoms. The summed E-state index contributed by atoms with van der Waals surface area (Å²) >= 11 is 0. The Kier molecular flexibility index (Phi) is 6.46. The van der Waals surface area contributed by atoms with E-state index in [4.69, 9.17) is 19.9 Å². The molecule has 0 saturated heterocycles. The first-order chi connectivity index (χ1) is 24.8. The lowest BCUT2D eigenvalue weighted by Gasteiger charge is -2.17. The molecule has 232 valence electrons. The minimum atomic E-state index is 0.628. The molecule has 0 saturated carbocycles. The molecule has 0 aliphatic heterocycles. The van der Waals surface area contributed by atoms with Gasteiger partial charge in [0, 0.05) is 38.4 Å².